The Bertz CT molecular complexity index is 1720. The second-order valence-corrected chi connectivity index (χ2v) is 23.7. The third-order valence-corrected chi connectivity index (χ3v) is 16.4. The predicted molar refractivity (Wildman–Crippen MR) is 300 cm³/mol. The van der Waals surface area contributed by atoms with Gasteiger partial charge in [0.05, 0.1) is 19.8 Å². The van der Waals surface area contributed by atoms with Gasteiger partial charge in [-0.05, 0) is 19.3 Å². The Hall–Kier alpha value is -2.07. The summed E-state index contributed by atoms with van der Waals surface area (Å²) in [7, 11) is -5.66. The summed E-state index contributed by atoms with van der Waals surface area (Å²) in [6, 6.07) is 0. The molecule has 0 aromatic heterocycles. The molecule has 0 bridgehead atoms. The van der Waals surface area contributed by atoms with Crippen LogP contribution < -0.4 is 0 Å². The highest BCUT2D eigenvalue weighted by atomic mass is 31.2. The molecule has 3 aliphatic rings. The van der Waals surface area contributed by atoms with E-state index in [1.807, 2.05) is 6.08 Å². The summed E-state index contributed by atoms with van der Waals surface area (Å²) in [6.45, 7) is 0.921. The van der Waals surface area contributed by atoms with E-state index in [1.54, 1.807) is 6.08 Å². The molecule has 0 amide bonds. The summed E-state index contributed by atoms with van der Waals surface area (Å²) < 4.78 is 57.9. The van der Waals surface area contributed by atoms with Gasteiger partial charge in [-0.25, -0.2) is 9.36 Å². The second kappa shape index (κ2) is 42.7. The smallest absolute Gasteiger partial charge is 0.462 e. The Morgan fingerprint density at radius 3 is 1.29 bits per heavy atom. The highest BCUT2D eigenvalue weighted by Crippen LogP contribution is 2.49. The van der Waals surface area contributed by atoms with Gasteiger partial charge in [0, 0.05) is 12.5 Å². The minimum absolute atomic E-state index is 0.0370. The number of phosphoric ester groups is 1. The zero-order chi connectivity index (χ0) is 60.3. The van der Waals surface area contributed by atoms with Crippen LogP contribution >= 0.6 is 7.82 Å². The van der Waals surface area contributed by atoms with E-state index in [0.29, 0.717) is 6.42 Å². The molecule has 480 valence electrons. The molecule has 3 rings (SSSR count). The number of phosphoric acid groups is 1. The van der Waals surface area contributed by atoms with Crippen LogP contribution in [0.15, 0.2) is 24.3 Å². The summed E-state index contributed by atoms with van der Waals surface area (Å²) in [5.41, 5.74) is 0. The van der Waals surface area contributed by atoms with E-state index in [-0.39, 0.29) is 6.42 Å². The molecule has 1 saturated carbocycles. The van der Waals surface area contributed by atoms with Gasteiger partial charge in [-0.2, -0.15) is 0 Å². The Morgan fingerprint density at radius 2 is 0.878 bits per heavy atom. The number of ether oxygens (including phenoxy) is 6. The Morgan fingerprint density at radius 1 is 0.488 bits per heavy atom. The molecule has 2 heterocycles. The molecule has 12 N–H and O–H groups in total. The van der Waals surface area contributed by atoms with Crippen LogP contribution in [0.5, 0.6) is 0 Å². The van der Waals surface area contributed by atoms with Crippen molar-refractivity contribution in [1.29, 1.82) is 0 Å². The first-order chi connectivity index (χ1) is 39.4. The van der Waals surface area contributed by atoms with Crippen LogP contribution in [0, 0.1) is 0 Å². The van der Waals surface area contributed by atoms with Crippen LogP contribution in [0.4, 0.5) is 0 Å². The quantitative estimate of drug-likeness (QED) is 0.0127. The van der Waals surface area contributed by atoms with Crippen LogP contribution in [-0.4, -0.2) is 204 Å². The first kappa shape index (κ1) is 74.2. The van der Waals surface area contributed by atoms with Gasteiger partial charge in [0.25, 0.3) is 0 Å². The van der Waals surface area contributed by atoms with Crippen molar-refractivity contribution in [3.05, 3.63) is 24.3 Å². The maximum Gasteiger partial charge on any atom is 0.472 e. The maximum atomic E-state index is 14.0. The molecule has 0 radical (unpaired) electrons. The molecule has 2 saturated heterocycles. The number of hydrogen-bond donors (Lipinski definition) is 12. The number of esters is 2. The van der Waals surface area contributed by atoms with Crippen molar-refractivity contribution < 1.29 is 113 Å². The van der Waals surface area contributed by atoms with E-state index in [4.69, 9.17) is 37.5 Å². The normalized spacial score (nSPS) is 30.9. The molecule has 16 atom stereocenters. The number of carbonyl (C=O) groups excluding carboxylic acids is 2. The molecule has 0 aromatic carbocycles. The van der Waals surface area contributed by atoms with E-state index >= 15 is 0 Å². The van der Waals surface area contributed by atoms with Crippen LogP contribution in [0.3, 0.4) is 0 Å². The molecule has 23 nitrogen and oxygen atoms in total. The Kier molecular flexibility index (Phi) is 38.6. The number of hydrogen-bond acceptors (Lipinski definition) is 22. The molecular weight excluding hydrogens is 1100 g/mol. The standard InChI is InChI=1S/C58H105O23P/c1-3-5-7-9-11-13-15-17-19-21-22-24-26-28-30-32-34-43(61)74-38-40(76-44(62)35-33-31-29-27-25-23-20-18-16-14-12-10-8-6-4-2)39-75-82(72,73)81-56-54(79-57-52(70)47(65)45(63)41(36-59)77-57)50(68)49(67)51(69)55(56)80-58-53(71)48(66)46(64)42(37-60)78-58/h29,31,33,35,40-42,45-60,63-71H,3-28,30,32,34,36-39H2,1-2H3,(H,72,73). The zero-order valence-electron chi connectivity index (χ0n) is 48.8. The topological polar surface area (TPSA) is 368 Å². The van der Waals surface area contributed by atoms with E-state index in [0.717, 1.165) is 63.9 Å². The highest BCUT2D eigenvalue weighted by molar-refractivity contribution is 7.47. The molecule has 2 aliphatic heterocycles. The van der Waals surface area contributed by atoms with E-state index in [2.05, 4.69) is 13.8 Å². The van der Waals surface area contributed by atoms with E-state index in [1.165, 1.54) is 122 Å². The lowest BCUT2D eigenvalue weighted by Gasteiger charge is -2.49. The summed E-state index contributed by atoms with van der Waals surface area (Å²) in [6.07, 6.45) is 3.62. The monoisotopic (exact) mass is 1200 g/mol. The molecular formula is C58H105O23P. The number of rotatable bonds is 45. The van der Waals surface area contributed by atoms with Gasteiger partial charge in [-0.15, -0.1) is 0 Å². The van der Waals surface area contributed by atoms with Gasteiger partial charge >= 0.3 is 19.8 Å². The fourth-order valence-corrected chi connectivity index (χ4v) is 11.2. The fourth-order valence-electron chi connectivity index (χ4n) is 10.3. The van der Waals surface area contributed by atoms with Crippen molar-refractivity contribution in [2.75, 3.05) is 26.4 Å². The largest absolute Gasteiger partial charge is 0.472 e. The van der Waals surface area contributed by atoms with Crippen molar-refractivity contribution in [2.45, 2.75) is 304 Å². The van der Waals surface area contributed by atoms with Gasteiger partial charge in [-0.1, -0.05) is 193 Å². The third kappa shape index (κ3) is 27.7. The number of carbonyl (C=O) groups is 2. The number of unbranched alkanes of at least 4 members (excludes halogenated alkanes) is 26. The predicted octanol–water partition coefficient (Wildman–Crippen LogP) is 4.88. The van der Waals surface area contributed by atoms with Gasteiger partial charge < -0.3 is 89.5 Å². The molecule has 3 fully saturated rings. The van der Waals surface area contributed by atoms with Crippen LogP contribution in [-0.2, 0) is 51.6 Å². The molecule has 0 aromatic rings. The van der Waals surface area contributed by atoms with Gasteiger partial charge in [0.15, 0.2) is 18.7 Å². The average Bonchev–Trinajstić information content (AvgIpc) is 3.50. The lowest BCUT2D eigenvalue weighted by atomic mass is 9.84. The molecule has 0 spiro atoms. The second-order valence-electron chi connectivity index (χ2n) is 22.3. The van der Waals surface area contributed by atoms with Gasteiger partial charge in [-0.3, -0.25) is 13.8 Å². The Balaban J connectivity index is 1.70. The maximum absolute atomic E-state index is 14.0. The SMILES string of the molecule is CCCCCCCCCCCCCC=CC=CC(=O)OC(COC(=O)CCCCCCCCCCCCCCCCCC)COP(=O)(O)OC1C(OC2OC(CO)C(O)C(O)C2O)C(O)C(O)C(O)C1OC1OC(CO)C(O)C(O)C1O. The summed E-state index contributed by atoms with van der Waals surface area (Å²) >= 11 is 0. The number of allylic oxidation sites excluding steroid dienone is 3. The molecule has 82 heavy (non-hydrogen) atoms. The van der Waals surface area contributed by atoms with Crippen molar-refractivity contribution in [2.24, 2.45) is 0 Å². The van der Waals surface area contributed by atoms with E-state index in [9.17, 15) is 75.2 Å². The van der Waals surface area contributed by atoms with Crippen molar-refractivity contribution in [1.82, 2.24) is 0 Å². The fraction of sp³-hybridized carbons (Fsp3) is 0.897. The third-order valence-electron chi connectivity index (χ3n) is 15.4. The molecule has 1 aliphatic carbocycles. The van der Waals surface area contributed by atoms with Crippen molar-refractivity contribution in [3.8, 4) is 0 Å². The van der Waals surface area contributed by atoms with Crippen LogP contribution in [0.1, 0.15) is 200 Å². The van der Waals surface area contributed by atoms with Gasteiger partial charge in [0.1, 0.15) is 92.1 Å². The van der Waals surface area contributed by atoms with Gasteiger partial charge in [0.2, 0.25) is 0 Å². The first-order valence-corrected chi connectivity index (χ1v) is 32.2. The number of aliphatic hydroxyl groups is 11. The first-order valence-electron chi connectivity index (χ1n) is 30.7. The Labute approximate surface area is 485 Å². The van der Waals surface area contributed by atoms with Crippen molar-refractivity contribution >= 4 is 19.8 Å². The highest BCUT2D eigenvalue weighted by Gasteiger charge is 2.58. The molecule has 16 unspecified atom stereocenters. The van der Waals surface area contributed by atoms with Crippen LogP contribution in [0.25, 0.3) is 0 Å². The number of aliphatic hydroxyl groups excluding tert-OH is 11. The van der Waals surface area contributed by atoms with Crippen LogP contribution in [0.2, 0.25) is 0 Å². The summed E-state index contributed by atoms with van der Waals surface area (Å²) in [5.74, 6) is -1.58. The molecule has 24 heteroatoms. The average molecular weight is 1200 g/mol. The van der Waals surface area contributed by atoms with E-state index < -0.39 is 150 Å². The van der Waals surface area contributed by atoms with Crippen molar-refractivity contribution in [3.63, 3.8) is 0 Å². The lowest BCUT2D eigenvalue weighted by molar-refractivity contribution is -0.360. The summed E-state index contributed by atoms with van der Waals surface area (Å²) in [5, 5.41) is 117. The summed E-state index contributed by atoms with van der Waals surface area (Å²) in [4.78, 5) is 37.4. The minimum atomic E-state index is -5.66. The minimum Gasteiger partial charge on any atom is -0.462 e. The zero-order valence-corrected chi connectivity index (χ0v) is 49.7. The lowest BCUT2D eigenvalue weighted by Crippen LogP contribution is -2.69.